The summed E-state index contributed by atoms with van der Waals surface area (Å²) in [5, 5.41) is 8.93. The van der Waals surface area contributed by atoms with Gasteiger partial charge in [0.1, 0.15) is 6.10 Å². The summed E-state index contributed by atoms with van der Waals surface area (Å²) >= 11 is 0. The van der Waals surface area contributed by atoms with Gasteiger partial charge >= 0.3 is 0 Å². The predicted molar refractivity (Wildman–Crippen MR) is 50.4 cm³/mol. The summed E-state index contributed by atoms with van der Waals surface area (Å²) in [6.45, 7) is 6.33. The number of rotatable bonds is 5. The van der Waals surface area contributed by atoms with Crippen molar-refractivity contribution in [2.75, 3.05) is 6.61 Å². The fraction of sp³-hybridized carbons (Fsp3) is 0.700. The molecule has 0 saturated heterocycles. The molecule has 3 atom stereocenters. The van der Waals surface area contributed by atoms with Gasteiger partial charge in [-0.3, -0.25) is 4.79 Å². The molecule has 1 rings (SSSR count). The number of ether oxygens (including phenoxy) is 2. The van der Waals surface area contributed by atoms with Gasteiger partial charge in [0, 0.05) is 5.92 Å². The fourth-order valence-corrected chi connectivity index (χ4v) is 1.65. The van der Waals surface area contributed by atoms with Crippen LogP contribution in [0, 0.1) is 5.92 Å². The maximum atomic E-state index is 10.1. The van der Waals surface area contributed by atoms with Crippen molar-refractivity contribution < 1.29 is 19.4 Å². The van der Waals surface area contributed by atoms with Crippen LogP contribution in [0.15, 0.2) is 12.2 Å². The van der Waals surface area contributed by atoms with E-state index in [1.54, 1.807) is 6.92 Å². The van der Waals surface area contributed by atoms with E-state index in [-0.39, 0.29) is 12.0 Å². The Labute approximate surface area is 83.5 Å². The molecule has 4 nitrogen and oxygen atoms in total. The molecule has 1 aliphatic carbocycles. The minimum absolute atomic E-state index is 0.171. The van der Waals surface area contributed by atoms with Gasteiger partial charge in [-0.15, -0.1) is 0 Å². The van der Waals surface area contributed by atoms with Crippen molar-refractivity contribution in [3.8, 4) is 0 Å². The predicted octanol–water partition coefficient (Wildman–Crippen LogP) is 0.849. The fourth-order valence-electron chi connectivity index (χ4n) is 1.65. The number of aliphatic hydroxyl groups is 1. The molecule has 0 aromatic rings. The molecule has 0 amide bonds. The molecule has 1 fully saturated rings. The van der Waals surface area contributed by atoms with Crippen LogP contribution >= 0.6 is 0 Å². The van der Waals surface area contributed by atoms with Crippen molar-refractivity contribution in [2.24, 2.45) is 5.92 Å². The third kappa shape index (κ3) is 2.82. The second-order valence-electron chi connectivity index (χ2n) is 3.50. The largest absolute Gasteiger partial charge is 0.460 e. The molecule has 80 valence electrons. The Bertz CT molecular complexity index is 212. The minimum atomic E-state index is -0.756. The van der Waals surface area contributed by atoms with E-state index in [9.17, 15) is 4.79 Å². The molecule has 2 unspecified atom stereocenters. The summed E-state index contributed by atoms with van der Waals surface area (Å²) in [4.78, 5) is 10.1. The summed E-state index contributed by atoms with van der Waals surface area (Å²) in [6, 6.07) is 0. The average molecular weight is 200 g/mol. The van der Waals surface area contributed by atoms with Gasteiger partial charge in [-0.05, 0) is 25.3 Å². The van der Waals surface area contributed by atoms with Gasteiger partial charge in [0.15, 0.2) is 6.29 Å². The molecule has 0 spiro atoms. The first-order valence-corrected chi connectivity index (χ1v) is 4.72. The molecule has 1 saturated carbocycles. The molecule has 0 aromatic carbocycles. The Morgan fingerprint density at radius 3 is 3.00 bits per heavy atom. The Hall–Kier alpha value is -0.870. The SMILES string of the molecule is C=C1C(COC(C)O)CC[C@H]1OC=O. The topological polar surface area (TPSA) is 55.8 Å². The minimum Gasteiger partial charge on any atom is -0.460 e. The Balaban J connectivity index is 2.35. The van der Waals surface area contributed by atoms with Crippen LogP contribution < -0.4 is 0 Å². The molecule has 0 bridgehead atoms. The number of aliphatic hydroxyl groups excluding tert-OH is 1. The lowest BCUT2D eigenvalue weighted by Crippen LogP contribution is -2.17. The van der Waals surface area contributed by atoms with Gasteiger partial charge in [-0.2, -0.15) is 0 Å². The second-order valence-corrected chi connectivity index (χ2v) is 3.50. The highest BCUT2D eigenvalue weighted by Crippen LogP contribution is 2.32. The highest BCUT2D eigenvalue weighted by Gasteiger charge is 2.30. The third-order valence-corrected chi connectivity index (χ3v) is 2.47. The molecule has 0 radical (unpaired) electrons. The van der Waals surface area contributed by atoms with Gasteiger partial charge < -0.3 is 14.6 Å². The number of hydrogen-bond donors (Lipinski definition) is 1. The van der Waals surface area contributed by atoms with E-state index in [0.29, 0.717) is 13.1 Å². The van der Waals surface area contributed by atoms with Crippen molar-refractivity contribution in [3.05, 3.63) is 12.2 Å². The first-order valence-electron chi connectivity index (χ1n) is 4.72. The van der Waals surface area contributed by atoms with Crippen molar-refractivity contribution in [1.82, 2.24) is 0 Å². The lowest BCUT2D eigenvalue weighted by atomic mass is 10.1. The van der Waals surface area contributed by atoms with Crippen LogP contribution in [0.25, 0.3) is 0 Å². The van der Waals surface area contributed by atoms with Crippen LogP contribution in [0.3, 0.4) is 0 Å². The van der Waals surface area contributed by atoms with E-state index in [0.717, 1.165) is 18.4 Å². The zero-order valence-electron chi connectivity index (χ0n) is 8.31. The summed E-state index contributed by atoms with van der Waals surface area (Å²) < 4.78 is 9.93. The zero-order valence-corrected chi connectivity index (χ0v) is 8.31. The summed E-state index contributed by atoms with van der Waals surface area (Å²) in [5.74, 6) is 0.189. The molecular weight excluding hydrogens is 184 g/mol. The van der Waals surface area contributed by atoms with E-state index >= 15 is 0 Å². The van der Waals surface area contributed by atoms with E-state index in [1.165, 1.54) is 0 Å². The summed E-state index contributed by atoms with van der Waals surface area (Å²) in [6.07, 6.45) is 0.763. The van der Waals surface area contributed by atoms with Crippen molar-refractivity contribution in [3.63, 3.8) is 0 Å². The van der Waals surface area contributed by atoms with Crippen LogP contribution in [0.2, 0.25) is 0 Å². The first-order chi connectivity index (χ1) is 6.65. The van der Waals surface area contributed by atoms with Gasteiger partial charge in [0.25, 0.3) is 6.47 Å². The normalized spacial score (nSPS) is 28.9. The third-order valence-electron chi connectivity index (χ3n) is 2.47. The molecule has 0 heterocycles. The summed E-state index contributed by atoms with van der Waals surface area (Å²) in [5.41, 5.74) is 0.887. The monoisotopic (exact) mass is 200 g/mol. The smallest absolute Gasteiger partial charge is 0.293 e. The van der Waals surface area contributed by atoms with Crippen molar-refractivity contribution in [1.29, 1.82) is 0 Å². The Morgan fingerprint density at radius 1 is 1.71 bits per heavy atom. The number of carbonyl (C=O) groups is 1. The van der Waals surface area contributed by atoms with Crippen molar-refractivity contribution in [2.45, 2.75) is 32.2 Å². The molecule has 4 heteroatoms. The molecule has 1 aliphatic rings. The number of hydrogen-bond acceptors (Lipinski definition) is 4. The van der Waals surface area contributed by atoms with Gasteiger partial charge in [-0.1, -0.05) is 6.58 Å². The van der Waals surface area contributed by atoms with E-state index < -0.39 is 6.29 Å². The van der Waals surface area contributed by atoms with Crippen LogP contribution in [0.5, 0.6) is 0 Å². The van der Waals surface area contributed by atoms with Gasteiger partial charge in [0.05, 0.1) is 6.61 Å². The quantitative estimate of drug-likeness (QED) is 0.406. The van der Waals surface area contributed by atoms with Gasteiger partial charge in [-0.25, -0.2) is 0 Å². The Morgan fingerprint density at radius 2 is 2.43 bits per heavy atom. The highest BCUT2D eigenvalue weighted by molar-refractivity contribution is 5.39. The van der Waals surface area contributed by atoms with Crippen LogP contribution in [0.4, 0.5) is 0 Å². The molecule has 14 heavy (non-hydrogen) atoms. The zero-order chi connectivity index (χ0) is 10.6. The highest BCUT2D eigenvalue weighted by atomic mass is 16.6. The molecular formula is C10H16O4. The van der Waals surface area contributed by atoms with Crippen LogP contribution in [-0.4, -0.2) is 30.6 Å². The lowest BCUT2D eigenvalue weighted by Gasteiger charge is -2.15. The lowest BCUT2D eigenvalue weighted by molar-refractivity contribution is -0.131. The van der Waals surface area contributed by atoms with E-state index in [4.69, 9.17) is 14.6 Å². The standard InChI is InChI=1S/C10H16O4/c1-7-9(5-13-8(2)12)3-4-10(7)14-6-11/h6,8-10,12H,1,3-5H2,2H3/t8?,9?,10-/m1/s1. The van der Waals surface area contributed by atoms with Gasteiger partial charge in [0.2, 0.25) is 0 Å². The summed E-state index contributed by atoms with van der Waals surface area (Å²) in [7, 11) is 0. The molecule has 1 N–H and O–H groups in total. The maximum Gasteiger partial charge on any atom is 0.293 e. The van der Waals surface area contributed by atoms with E-state index in [2.05, 4.69) is 6.58 Å². The second kappa shape index (κ2) is 5.12. The maximum absolute atomic E-state index is 10.1. The van der Waals surface area contributed by atoms with Crippen LogP contribution in [0.1, 0.15) is 19.8 Å². The molecule has 0 aliphatic heterocycles. The Kier molecular flexibility index (Phi) is 4.10. The number of carbonyl (C=O) groups excluding carboxylic acids is 1. The first kappa shape index (κ1) is 11.2. The molecule has 0 aromatic heterocycles. The van der Waals surface area contributed by atoms with Crippen LogP contribution in [-0.2, 0) is 14.3 Å². The van der Waals surface area contributed by atoms with Crippen molar-refractivity contribution >= 4 is 6.47 Å². The van der Waals surface area contributed by atoms with E-state index in [1.807, 2.05) is 0 Å². The average Bonchev–Trinajstić information content (AvgIpc) is 2.46.